The second-order valence-electron chi connectivity index (χ2n) is 5.20. The molecule has 0 spiro atoms. The summed E-state index contributed by atoms with van der Waals surface area (Å²) in [5.41, 5.74) is 10.3. The van der Waals surface area contributed by atoms with Crippen LogP contribution in [0.25, 0.3) is 0 Å². The van der Waals surface area contributed by atoms with E-state index in [9.17, 15) is 4.79 Å². The van der Waals surface area contributed by atoms with Crippen LogP contribution in [-0.2, 0) is 6.54 Å². The summed E-state index contributed by atoms with van der Waals surface area (Å²) in [5.74, 6) is 0.0125. The molecule has 21 heavy (non-hydrogen) atoms. The van der Waals surface area contributed by atoms with Crippen LogP contribution in [0.2, 0.25) is 0 Å². The van der Waals surface area contributed by atoms with Gasteiger partial charge in [0.05, 0.1) is 0 Å². The Hall–Kier alpha value is -2.36. The molecule has 2 rings (SSSR count). The molecule has 0 radical (unpaired) electrons. The van der Waals surface area contributed by atoms with Crippen molar-refractivity contribution in [2.24, 2.45) is 0 Å². The number of aryl methyl sites for hydroxylation is 2. The van der Waals surface area contributed by atoms with Gasteiger partial charge >= 0.3 is 0 Å². The number of carbonyl (C=O) groups excluding carboxylic acids is 1. The van der Waals surface area contributed by atoms with Gasteiger partial charge in [-0.3, -0.25) is 9.78 Å². The summed E-state index contributed by atoms with van der Waals surface area (Å²) in [6.45, 7) is 7.09. The van der Waals surface area contributed by atoms with Gasteiger partial charge in [-0.25, -0.2) is 0 Å². The van der Waals surface area contributed by atoms with E-state index in [1.165, 1.54) is 0 Å². The fraction of sp³-hybridized carbons (Fsp3) is 0.294. The molecule has 2 aromatic rings. The number of aromatic nitrogens is 1. The quantitative estimate of drug-likeness (QED) is 0.878. The van der Waals surface area contributed by atoms with E-state index in [0.29, 0.717) is 24.3 Å². The van der Waals surface area contributed by atoms with Crippen molar-refractivity contribution in [3.05, 3.63) is 58.9 Å². The van der Waals surface area contributed by atoms with Crippen molar-refractivity contribution in [1.82, 2.24) is 9.88 Å². The molecule has 0 unspecified atom stereocenters. The first-order valence-electron chi connectivity index (χ1n) is 7.07. The van der Waals surface area contributed by atoms with Crippen LogP contribution in [-0.4, -0.2) is 22.3 Å². The molecule has 0 bridgehead atoms. The normalized spacial score (nSPS) is 10.4. The van der Waals surface area contributed by atoms with Crippen LogP contribution < -0.4 is 5.73 Å². The SMILES string of the molecule is CCN(Cc1ccncc1)C(=O)c1cc(N)c(C)cc1C. The number of hydrogen-bond donors (Lipinski definition) is 1. The van der Waals surface area contributed by atoms with Gasteiger partial charge in [-0.2, -0.15) is 0 Å². The van der Waals surface area contributed by atoms with Gasteiger partial charge in [0.15, 0.2) is 0 Å². The number of amides is 1. The minimum absolute atomic E-state index is 0.0125. The van der Waals surface area contributed by atoms with Crippen molar-refractivity contribution in [2.75, 3.05) is 12.3 Å². The van der Waals surface area contributed by atoms with Crippen molar-refractivity contribution >= 4 is 11.6 Å². The van der Waals surface area contributed by atoms with Crippen molar-refractivity contribution in [3.63, 3.8) is 0 Å². The predicted molar refractivity (Wildman–Crippen MR) is 85.0 cm³/mol. The maximum atomic E-state index is 12.7. The molecule has 2 N–H and O–H groups in total. The maximum absolute atomic E-state index is 12.7. The first kappa shape index (κ1) is 15.0. The molecule has 4 heteroatoms. The first-order valence-corrected chi connectivity index (χ1v) is 7.07. The van der Waals surface area contributed by atoms with Crippen LogP contribution in [0.4, 0.5) is 5.69 Å². The zero-order valence-electron chi connectivity index (χ0n) is 12.8. The lowest BCUT2D eigenvalue weighted by Gasteiger charge is -2.22. The second-order valence-corrected chi connectivity index (χ2v) is 5.20. The molecule has 1 amide bonds. The van der Waals surface area contributed by atoms with E-state index in [-0.39, 0.29) is 5.91 Å². The Bertz CT molecular complexity index is 638. The highest BCUT2D eigenvalue weighted by Crippen LogP contribution is 2.20. The summed E-state index contributed by atoms with van der Waals surface area (Å²) in [6, 6.07) is 7.59. The summed E-state index contributed by atoms with van der Waals surface area (Å²) in [6.07, 6.45) is 3.48. The lowest BCUT2D eigenvalue weighted by molar-refractivity contribution is 0.0752. The molecule has 4 nitrogen and oxygen atoms in total. The third-order valence-corrected chi connectivity index (χ3v) is 3.64. The highest BCUT2D eigenvalue weighted by Gasteiger charge is 2.17. The van der Waals surface area contributed by atoms with Crippen LogP contribution in [0.15, 0.2) is 36.7 Å². The van der Waals surface area contributed by atoms with Crippen LogP contribution in [0.3, 0.4) is 0 Å². The molecule has 1 aromatic heterocycles. The Morgan fingerprint density at radius 3 is 2.48 bits per heavy atom. The highest BCUT2D eigenvalue weighted by molar-refractivity contribution is 5.96. The number of nitrogens with two attached hydrogens (primary N) is 1. The van der Waals surface area contributed by atoms with Crippen molar-refractivity contribution in [1.29, 1.82) is 0 Å². The summed E-state index contributed by atoms with van der Waals surface area (Å²) >= 11 is 0. The molecule has 1 aromatic carbocycles. The van der Waals surface area contributed by atoms with Gasteiger partial charge in [-0.15, -0.1) is 0 Å². The summed E-state index contributed by atoms with van der Waals surface area (Å²) in [7, 11) is 0. The largest absolute Gasteiger partial charge is 0.398 e. The van der Waals surface area contributed by atoms with Gasteiger partial charge in [0, 0.05) is 36.7 Å². The molecule has 0 saturated carbocycles. The molecule has 0 aliphatic heterocycles. The molecule has 1 heterocycles. The second kappa shape index (κ2) is 6.39. The Morgan fingerprint density at radius 1 is 1.19 bits per heavy atom. The average Bonchev–Trinajstić information content (AvgIpc) is 2.49. The Morgan fingerprint density at radius 2 is 1.86 bits per heavy atom. The van der Waals surface area contributed by atoms with E-state index in [0.717, 1.165) is 16.7 Å². The van der Waals surface area contributed by atoms with E-state index in [2.05, 4.69) is 4.98 Å². The number of hydrogen-bond acceptors (Lipinski definition) is 3. The van der Waals surface area contributed by atoms with Gasteiger partial charge in [0.1, 0.15) is 0 Å². The molecular weight excluding hydrogens is 262 g/mol. The number of benzene rings is 1. The fourth-order valence-electron chi connectivity index (χ4n) is 2.31. The highest BCUT2D eigenvalue weighted by atomic mass is 16.2. The van der Waals surface area contributed by atoms with E-state index in [1.54, 1.807) is 18.5 Å². The molecule has 0 saturated heterocycles. The maximum Gasteiger partial charge on any atom is 0.254 e. The average molecular weight is 283 g/mol. The minimum Gasteiger partial charge on any atom is -0.398 e. The summed E-state index contributed by atoms with van der Waals surface area (Å²) < 4.78 is 0. The lowest BCUT2D eigenvalue weighted by atomic mass is 10.0. The number of nitrogens with zero attached hydrogens (tertiary/aromatic N) is 2. The smallest absolute Gasteiger partial charge is 0.254 e. The van der Waals surface area contributed by atoms with Crippen molar-refractivity contribution in [2.45, 2.75) is 27.3 Å². The zero-order valence-corrected chi connectivity index (χ0v) is 12.8. The molecule has 0 fully saturated rings. The number of anilines is 1. The van der Waals surface area contributed by atoms with Crippen molar-refractivity contribution in [3.8, 4) is 0 Å². The fourth-order valence-corrected chi connectivity index (χ4v) is 2.31. The van der Waals surface area contributed by atoms with Gasteiger partial charge in [-0.05, 0) is 55.7 Å². The van der Waals surface area contributed by atoms with Gasteiger partial charge in [-0.1, -0.05) is 6.07 Å². The topological polar surface area (TPSA) is 59.2 Å². The van der Waals surface area contributed by atoms with E-state index < -0.39 is 0 Å². The summed E-state index contributed by atoms with van der Waals surface area (Å²) in [4.78, 5) is 18.5. The molecule has 110 valence electrons. The standard InChI is InChI=1S/C17H21N3O/c1-4-20(11-14-5-7-19-8-6-14)17(21)15-10-16(18)13(3)9-12(15)2/h5-10H,4,11,18H2,1-3H3. The predicted octanol–water partition coefficient (Wildman–Crippen LogP) is 2.94. The van der Waals surface area contributed by atoms with E-state index >= 15 is 0 Å². The first-order chi connectivity index (χ1) is 10.0. The lowest BCUT2D eigenvalue weighted by Crippen LogP contribution is -2.31. The van der Waals surface area contributed by atoms with Crippen LogP contribution >= 0.6 is 0 Å². The summed E-state index contributed by atoms with van der Waals surface area (Å²) in [5, 5.41) is 0. The minimum atomic E-state index is 0.0125. The Labute approximate surface area is 125 Å². The third-order valence-electron chi connectivity index (χ3n) is 3.64. The Balaban J connectivity index is 2.26. The van der Waals surface area contributed by atoms with Gasteiger partial charge in [0.25, 0.3) is 5.91 Å². The van der Waals surface area contributed by atoms with E-state index in [1.807, 2.05) is 43.9 Å². The Kier molecular flexibility index (Phi) is 4.58. The monoisotopic (exact) mass is 283 g/mol. The molecule has 0 aliphatic carbocycles. The molecule has 0 atom stereocenters. The molecular formula is C17H21N3O. The van der Waals surface area contributed by atoms with Crippen LogP contribution in [0.5, 0.6) is 0 Å². The number of carbonyl (C=O) groups is 1. The van der Waals surface area contributed by atoms with E-state index in [4.69, 9.17) is 5.73 Å². The number of rotatable bonds is 4. The number of pyridine rings is 1. The van der Waals surface area contributed by atoms with Gasteiger partial charge < -0.3 is 10.6 Å². The zero-order chi connectivity index (χ0) is 15.4. The third kappa shape index (κ3) is 3.40. The van der Waals surface area contributed by atoms with Gasteiger partial charge in [0.2, 0.25) is 0 Å². The van der Waals surface area contributed by atoms with Crippen molar-refractivity contribution < 1.29 is 4.79 Å². The van der Waals surface area contributed by atoms with Crippen LogP contribution in [0, 0.1) is 13.8 Å². The molecule has 0 aliphatic rings. The number of nitrogen functional groups attached to an aromatic ring is 1. The van der Waals surface area contributed by atoms with Crippen LogP contribution in [0.1, 0.15) is 34.0 Å².